The van der Waals surface area contributed by atoms with Crippen LogP contribution >= 0.6 is 11.3 Å². The average molecular weight is 267 g/mol. The SMILES string of the molecule is Cc1ccc2nc(-c3ccc(CC=O)cc3)sc2c1. The first-order valence-corrected chi connectivity index (χ1v) is 6.98. The molecule has 3 heteroatoms. The second-order valence-electron chi connectivity index (χ2n) is 4.56. The van der Waals surface area contributed by atoms with Crippen LogP contribution in [0, 0.1) is 6.92 Å². The van der Waals surface area contributed by atoms with Crippen LogP contribution in [-0.4, -0.2) is 11.3 Å². The van der Waals surface area contributed by atoms with E-state index in [-0.39, 0.29) is 0 Å². The van der Waals surface area contributed by atoms with Crippen molar-refractivity contribution in [1.29, 1.82) is 0 Å². The molecular weight excluding hydrogens is 254 g/mol. The van der Waals surface area contributed by atoms with Crippen molar-refractivity contribution in [2.24, 2.45) is 0 Å². The van der Waals surface area contributed by atoms with Gasteiger partial charge in [-0.3, -0.25) is 0 Å². The lowest BCUT2D eigenvalue weighted by atomic mass is 10.1. The summed E-state index contributed by atoms with van der Waals surface area (Å²) in [5, 5.41) is 1.03. The van der Waals surface area contributed by atoms with E-state index in [1.165, 1.54) is 10.3 Å². The van der Waals surface area contributed by atoms with Crippen molar-refractivity contribution >= 4 is 27.8 Å². The van der Waals surface area contributed by atoms with Crippen molar-refractivity contribution in [3.05, 3.63) is 53.6 Å². The van der Waals surface area contributed by atoms with E-state index in [2.05, 4.69) is 30.1 Å². The van der Waals surface area contributed by atoms with E-state index in [1.807, 2.05) is 24.3 Å². The van der Waals surface area contributed by atoms with Crippen molar-refractivity contribution in [1.82, 2.24) is 4.98 Å². The maximum atomic E-state index is 10.5. The summed E-state index contributed by atoms with van der Waals surface area (Å²) >= 11 is 1.70. The molecule has 3 rings (SSSR count). The second-order valence-corrected chi connectivity index (χ2v) is 5.59. The zero-order valence-electron chi connectivity index (χ0n) is 10.6. The van der Waals surface area contributed by atoms with Gasteiger partial charge in [0.15, 0.2) is 0 Å². The molecule has 0 amide bonds. The van der Waals surface area contributed by atoms with Gasteiger partial charge in [-0.1, -0.05) is 30.3 Å². The molecule has 0 aliphatic rings. The number of hydrogen-bond acceptors (Lipinski definition) is 3. The number of hydrogen-bond donors (Lipinski definition) is 0. The molecule has 0 saturated carbocycles. The molecule has 1 heterocycles. The highest BCUT2D eigenvalue weighted by molar-refractivity contribution is 7.21. The van der Waals surface area contributed by atoms with Gasteiger partial charge in [-0.05, 0) is 30.2 Å². The third-order valence-electron chi connectivity index (χ3n) is 3.06. The van der Waals surface area contributed by atoms with E-state index in [4.69, 9.17) is 0 Å². The molecule has 0 spiro atoms. The zero-order chi connectivity index (χ0) is 13.2. The summed E-state index contributed by atoms with van der Waals surface area (Å²) in [5.41, 5.74) is 4.44. The fourth-order valence-corrected chi connectivity index (χ4v) is 3.10. The summed E-state index contributed by atoms with van der Waals surface area (Å²) in [6.07, 6.45) is 1.40. The lowest BCUT2D eigenvalue weighted by Gasteiger charge is -1.97. The Hall–Kier alpha value is -2.00. The smallest absolute Gasteiger partial charge is 0.124 e. The average Bonchev–Trinajstić information content (AvgIpc) is 2.83. The van der Waals surface area contributed by atoms with Crippen molar-refractivity contribution in [2.75, 3.05) is 0 Å². The normalized spacial score (nSPS) is 10.8. The zero-order valence-corrected chi connectivity index (χ0v) is 11.4. The van der Waals surface area contributed by atoms with Gasteiger partial charge in [0.2, 0.25) is 0 Å². The van der Waals surface area contributed by atoms with Crippen molar-refractivity contribution in [3.8, 4) is 10.6 Å². The molecule has 0 N–H and O–H groups in total. The van der Waals surface area contributed by atoms with Gasteiger partial charge in [0, 0.05) is 12.0 Å². The number of carbonyl (C=O) groups excluding carboxylic acids is 1. The number of rotatable bonds is 3. The first-order valence-electron chi connectivity index (χ1n) is 6.16. The van der Waals surface area contributed by atoms with Gasteiger partial charge in [-0.15, -0.1) is 11.3 Å². The van der Waals surface area contributed by atoms with Gasteiger partial charge in [0.1, 0.15) is 11.3 Å². The van der Waals surface area contributed by atoms with Crippen LogP contribution in [0.5, 0.6) is 0 Å². The van der Waals surface area contributed by atoms with Crippen molar-refractivity contribution in [3.63, 3.8) is 0 Å². The van der Waals surface area contributed by atoms with Gasteiger partial charge in [-0.2, -0.15) is 0 Å². The predicted octanol–water partition coefficient (Wildman–Crippen LogP) is 4.01. The van der Waals surface area contributed by atoms with Crippen LogP contribution in [0.15, 0.2) is 42.5 Å². The Bertz CT molecular complexity index is 728. The molecule has 0 aliphatic heterocycles. The molecule has 0 atom stereocenters. The summed E-state index contributed by atoms with van der Waals surface area (Å²) < 4.78 is 1.21. The van der Waals surface area contributed by atoms with Gasteiger partial charge >= 0.3 is 0 Å². The molecule has 94 valence electrons. The van der Waals surface area contributed by atoms with Crippen molar-refractivity contribution in [2.45, 2.75) is 13.3 Å². The molecule has 19 heavy (non-hydrogen) atoms. The van der Waals surface area contributed by atoms with E-state index in [0.717, 1.165) is 27.9 Å². The van der Waals surface area contributed by atoms with Gasteiger partial charge in [0.05, 0.1) is 10.2 Å². The lowest BCUT2D eigenvalue weighted by molar-refractivity contribution is -0.107. The molecule has 2 aromatic carbocycles. The molecule has 0 aliphatic carbocycles. The molecule has 0 unspecified atom stereocenters. The number of fused-ring (bicyclic) bond motifs is 1. The summed E-state index contributed by atoms with van der Waals surface area (Å²) in [6.45, 7) is 2.09. The van der Waals surface area contributed by atoms with Gasteiger partial charge in [-0.25, -0.2) is 4.98 Å². The van der Waals surface area contributed by atoms with Crippen molar-refractivity contribution < 1.29 is 4.79 Å². The van der Waals surface area contributed by atoms with Crippen LogP contribution in [0.3, 0.4) is 0 Å². The standard InChI is InChI=1S/C16H13NOS/c1-11-2-7-14-15(10-11)19-16(17-14)13-5-3-12(4-6-13)8-9-18/h2-7,9-10H,8H2,1H3. The van der Waals surface area contributed by atoms with E-state index in [1.54, 1.807) is 11.3 Å². The largest absolute Gasteiger partial charge is 0.303 e. The highest BCUT2D eigenvalue weighted by Crippen LogP contribution is 2.30. The number of thiazole rings is 1. The predicted molar refractivity (Wildman–Crippen MR) is 79.6 cm³/mol. The van der Waals surface area contributed by atoms with Crippen LogP contribution in [-0.2, 0) is 11.2 Å². The fourth-order valence-electron chi connectivity index (χ4n) is 2.03. The Balaban J connectivity index is 2.01. The number of aromatic nitrogens is 1. The lowest BCUT2D eigenvalue weighted by Crippen LogP contribution is -1.85. The van der Waals surface area contributed by atoms with E-state index in [0.29, 0.717) is 6.42 Å². The minimum Gasteiger partial charge on any atom is -0.303 e. The maximum Gasteiger partial charge on any atom is 0.124 e. The monoisotopic (exact) mass is 267 g/mol. The molecule has 0 radical (unpaired) electrons. The van der Waals surface area contributed by atoms with Crippen LogP contribution in [0.25, 0.3) is 20.8 Å². The Morgan fingerprint density at radius 3 is 2.68 bits per heavy atom. The molecular formula is C16H13NOS. The molecule has 1 aromatic heterocycles. The quantitative estimate of drug-likeness (QED) is 0.671. The molecule has 0 bridgehead atoms. The Morgan fingerprint density at radius 2 is 1.95 bits per heavy atom. The first kappa shape index (κ1) is 12.1. The Kier molecular flexibility index (Phi) is 3.13. The second kappa shape index (κ2) is 4.94. The third kappa shape index (κ3) is 2.42. The first-order chi connectivity index (χ1) is 9.26. The number of carbonyl (C=O) groups is 1. The summed E-state index contributed by atoms with van der Waals surface area (Å²) in [5.74, 6) is 0. The van der Waals surface area contributed by atoms with E-state index < -0.39 is 0 Å². The fraction of sp³-hybridized carbons (Fsp3) is 0.125. The summed E-state index contributed by atoms with van der Waals surface area (Å²) in [6, 6.07) is 14.3. The summed E-state index contributed by atoms with van der Waals surface area (Å²) in [7, 11) is 0. The topological polar surface area (TPSA) is 30.0 Å². The van der Waals surface area contributed by atoms with Crippen LogP contribution in [0.4, 0.5) is 0 Å². The molecule has 0 fully saturated rings. The van der Waals surface area contributed by atoms with Crippen LogP contribution in [0.1, 0.15) is 11.1 Å². The highest BCUT2D eigenvalue weighted by atomic mass is 32.1. The van der Waals surface area contributed by atoms with Gasteiger partial charge in [0.25, 0.3) is 0 Å². The number of aldehydes is 1. The highest BCUT2D eigenvalue weighted by Gasteiger charge is 2.06. The molecule has 2 nitrogen and oxygen atoms in total. The Labute approximate surface area is 115 Å². The molecule has 0 saturated heterocycles. The minimum atomic E-state index is 0.472. The van der Waals surface area contributed by atoms with Crippen LogP contribution < -0.4 is 0 Å². The van der Waals surface area contributed by atoms with Gasteiger partial charge < -0.3 is 4.79 Å². The summed E-state index contributed by atoms with van der Waals surface area (Å²) in [4.78, 5) is 15.1. The van der Waals surface area contributed by atoms with E-state index >= 15 is 0 Å². The number of benzene rings is 2. The maximum absolute atomic E-state index is 10.5. The number of aryl methyl sites for hydroxylation is 1. The third-order valence-corrected chi connectivity index (χ3v) is 4.13. The minimum absolute atomic E-state index is 0.472. The number of nitrogens with zero attached hydrogens (tertiary/aromatic N) is 1. The van der Waals surface area contributed by atoms with Crippen LogP contribution in [0.2, 0.25) is 0 Å². The van der Waals surface area contributed by atoms with E-state index in [9.17, 15) is 4.79 Å². The Morgan fingerprint density at radius 1 is 1.16 bits per heavy atom. The molecule has 3 aromatic rings.